The van der Waals surface area contributed by atoms with Crippen molar-refractivity contribution in [3.05, 3.63) is 70.9 Å². The minimum Gasteiger partial charge on any atom is -0.487 e. The second kappa shape index (κ2) is 7.66. The Morgan fingerprint density at radius 3 is 2.71 bits per heavy atom. The molecule has 2 aromatic carbocycles. The molecule has 7 heteroatoms. The second-order valence-corrected chi connectivity index (χ2v) is 9.31. The molecule has 1 aliphatic heterocycles. The van der Waals surface area contributed by atoms with Crippen molar-refractivity contribution in [1.29, 1.82) is 0 Å². The van der Waals surface area contributed by atoms with Crippen molar-refractivity contribution in [2.45, 2.75) is 30.8 Å². The molecule has 2 heterocycles. The van der Waals surface area contributed by atoms with Crippen molar-refractivity contribution in [1.82, 2.24) is 0 Å². The zero-order chi connectivity index (χ0) is 19.7. The van der Waals surface area contributed by atoms with Crippen molar-refractivity contribution in [2.75, 3.05) is 6.61 Å². The van der Waals surface area contributed by atoms with Crippen molar-refractivity contribution >= 4 is 21.5 Å². The zero-order valence-electron chi connectivity index (χ0n) is 15.2. The molecule has 0 N–H and O–H groups in total. The Bertz CT molecular complexity index is 1070. The van der Waals surface area contributed by atoms with Gasteiger partial charge >= 0.3 is 0 Å². The number of halogens is 1. The van der Waals surface area contributed by atoms with Gasteiger partial charge in [0.1, 0.15) is 24.3 Å². The summed E-state index contributed by atoms with van der Waals surface area (Å²) in [6.45, 7) is 1.80. The van der Waals surface area contributed by atoms with Gasteiger partial charge < -0.3 is 4.74 Å². The predicted molar refractivity (Wildman–Crippen MR) is 107 cm³/mol. The fourth-order valence-electron chi connectivity index (χ4n) is 3.19. The number of benzene rings is 2. The van der Waals surface area contributed by atoms with Crippen molar-refractivity contribution < 1.29 is 21.7 Å². The van der Waals surface area contributed by atoms with E-state index in [9.17, 15) is 12.8 Å². The first-order chi connectivity index (χ1) is 13.4. The molecule has 0 aliphatic carbocycles. The van der Waals surface area contributed by atoms with E-state index in [1.807, 2.05) is 24.4 Å². The maximum absolute atomic E-state index is 14.0. The van der Waals surface area contributed by atoms with E-state index in [-0.39, 0.29) is 17.3 Å². The predicted octanol–water partition coefficient (Wildman–Crippen LogP) is 4.96. The Labute approximate surface area is 167 Å². The van der Waals surface area contributed by atoms with Crippen LogP contribution in [-0.2, 0) is 20.7 Å². The molecule has 3 aromatic rings. The minimum atomic E-state index is -3.85. The Morgan fingerprint density at radius 1 is 1.21 bits per heavy atom. The molecule has 28 heavy (non-hydrogen) atoms. The third kappa shape index (κ3) is 3.97. The molecule has 0 radical (unpaired) electrons. The molecular weight excluding hydrogens is 399 g/mol. The fourth-order valence-corrected chi connectivity index (χ4v) is 4.86. The first kappa shape index (κ1) is 19.1. The SMILES string of the molecule is Cc1ccc(S(=O)(=O)OCC2CCc3cc(F)cc(-c4cccs4)c3O2)cc1. The van der Waals surface area contributed by atoms with Crippen LogP contribution in [0, 0.1) is 12.7 Å². The lowest BCUT2D eigenvalue weighted by molar-refractivity contribution is 0.113. The van der Waals surface area contributed by atoms with Gasteiger partial charge in [-0.05, 0) is 61.0 Å². The fraction of sp³-hybridized carbons (Fsp3) is 0.238. The Morgan fingerprint density at radius 2 is 2.00 bits per heavy atom. The number of thiophene rings is 1. The lowest BCUT2D eigenvalue weighted by Gasteiger charge is -2.27. The van der Waals surface area contributed by atoms with Crippen molar-refractivity contribution in [2.24, 2.45) is 0 Å². The summed E-state index contributed by atoms with van der Waals surface area (Å²) in [5.74, 6) is 0.304. The summed E-state index contributed by atoms with van der Waals surface area (Å²) in [7, 11) is -3.85. The van der Waals surface area contributed by atoms with E-state index in [1.165, 1.54) is 35.6 Å². The monoisotopic (exact) mass is 418 g/mol. The molecule has 1 aliphatic rings. The second-order valence-electron chi connectivity index (χ2n) is 6.75. The quantitative estimate of drug-likeness (QED) is 0.550. The summed E-state index contributed by atoms with van der Waals surface area (Å²) in [5, 5.41) is 1.92. The van der Waals surface area contributed by atoms with Crippen LogP contribution in [0.3, 0.4) is 0 Å². The molecular formula is C21H19FO4S2. The van der Waals surface area contributed by atoms with Crippen LogP contribution in [-0.4, -0.2) is 21.1 Å². The average Bonchev–Trinajstić information content (AvgIpc) is 3.21. The van der Waals surface area contributed by atoms with Crippen LogP contribution in [0.25, 0.3) is 10.4 Å². The van der Waals surface area contributed by atoms with Crippen LogP contribution in [0.2, 0.25) is 0 Å². The molecule has 0 fully saturated rings. The number of hydrogen-bond donors (Lipinski definition) is 0. The summed E-state index contributed by atoms with van der Waals surface area (Å²) in [4.78, 5) is 1.03. The molecule has 0 amide bonds. The van der Waals surface area contributed by atoms with Crippen LogP contribution in [0.15, 0.2) is 58.8 Å². The van der Waals surface area contributed by atoms with Gasteiger partial charge in [0.2, 0.25) is 0 Å². The molecule has 0 saturated heterocycles. The van der Waals surface area contributed by atoms with Gasteiger partial charge in [0.15, 0.2) is 0 Å². The number of hydrogen-bond acceptors (Lipinski definition) is 5. The van der Waals surface area contributed by atoms with Crippen LogP contribution < -0.4 is 4.74 Å². The molecule has 4 nitrogen and oxygen atoms in total. The summed E-state index contributed by atoms with van der Waals surface area (Å²) < 4.78 is 50.1. The highest BCUT2D eigenvalue weighted by atomic mass is 32.2. The lowest BCUT2D eigenvalue weighted by Crippen LogP contribution is -2.29. The van der Waals surface area contributed by atoms with E-state index in [1.54, 1.807) is 12.1 Å². The molecule has 0 saturated carbocycles. The molecule has 146 valence electrons. The van der Waals surface area contributed by atoms with Crippen molar-refractivity contribution in [3.63, 3.8) is 0 Å². The number of aryl methyl sites for hydroxylation is 2. The van der Waals surface area contributed by atoms with Gasteiger partial charge in [-0.2, -0.15) is 8.42 Å². The molecule has 4 rings (SSSR count). The first-order valence-electron chi connectivity index (χ1n) is 8.91. The summed E-state index contributed by atoms with van der Waals surface area (Å²) in [6.07, 6.45) is 0.741. The lowest BCUT2D eigenvalue weighted by atomic mass is 9.98. The van der Waals surface area contributed by atoms with Crippen molar-refractivity contribution in [3.8, 4) is 16.2 Å². The number of rotatable bonds is 5. The highest BCUT2D eigenvalue weighted by Gasteiger charge is 2.26. The largest absolute Gasteiger partial charge is 0.487 e. The Hall–Kier alpha value is -2.22. The Balaban J connectivity index is 1.52. The van der Waals surface area contributed by atoms with E-state index in [2.05, 4.69) is 0 Å². The molecule has 1 aromatic heterocycles. The van der Waals surface area contributed by atoms with E-state index in [4.69, 9.17) is 8.92 Å². The maximum Gasteiger partial charge on any atom is 0.297 e. The summed E-state index contributed by atoms with van der Waals surface area (Å²) >= 11 is 1.50. The van der Waals surface area contributed by atoms with Gasteiger partial charge in [-0.1, -0.05) is 23.8 Å². The van der Waals surface area contributed by atoms with Gasteiger partial charge in [0.05, 0.1) is 4.90 Å². The smallest absolute Gasteiger partial charge is 0.297 e. The topological polar surface area (TPSA) is 52.6 Å². The zero-order valence-corrected chi connectivity index (χ0v) is 16.9. The van der Waals surface area contributed by atoms with Crippen LogP contribution in [0.4, 0.5) is 4.39 Å². The van der Waals surface area contributed by atoms with E-state index in [0.717, 1.165) is 16.0 Å². The summed E-state index contributed by atoms with van der Waals surface area (Å²) in [5.41, 5.74) is 2.46. The number of fused-ring (bicyclic) bond motifs is 1. The van der Waals surface area contributed by atoms with Gasteiger partial charge in [-0.15, -0.1) is 11.3 Å². The van der Waals surface area contributed by atoms with Crippen LogP contribution in [0.5, 0.6) is 5.75 Å². The third-order valence-electron chi connectivity index (χ3n) is 4.66. The van der Waals surface area contributed by atoms with Crippen LogP contribution in [0.1, 0.15) is 17.5 Å². The molecule has 1 unspecified atom stereocenters. The third-order valence-corrected chi connectivity index (χ3v) is 6.86. The standard InChI is InChI=1S/C21H19FO4S2/c1-14-4-8-18(9-5-14)28(23,24)25-13-17-7-6-15-11-16(22)12-19(21(15)26-17)20-3-2-10-27-20/h2-5,8-12,17H,6-7,13H2,1H3. The highest BCUT2D eigenvalue weighted by Crippen LogP contribution is 2.40. The van der Waals surface area contributed by atoms with Gasteiger partial charge in [0.25, 0.3) is 10.1 Å². The molecule has 0 bridgehead atoms. The maximum atomic E-state index is 14.0. The van der Waals surface area contributed by atoms with Gasteiger partial charge in [-0.25, -0.2) is 4.39 Å². The normalized spacial score (nSPS) is 16.4. The first-order valence-corrected chi connectivity index (χ1v) is 11.2. The van der Waals surface area contributed by atoms with Crippen LogP contribution >= 0.6 is 11.3 Å². The molecule has 0 spiro atoms. The van der Waals surface area contributed by atoms with E-state index >= 15 is 0 Å². The van der Waals surface area contributed by atoms with E-state index in [0.29, 0.717) is 24.2 Å². The van der Waals surface area contributed by atoms with E-state index < -0.39 is 16.2 Å². The average molecular weight is 419 g/mol. The number of ether oxygens (including phenoxy) is 1. The summed E-state index contributed by atoms with van der Waals surface area (Å²) in [6, 6.07) is 13.2. The minimum absolute atomic E-state index is 0.0864. The highest BCUT2D eigenvalue weighted by molar-refractivity contribution is 7.86. The Kier molecular flexibility index (Phi) is 5.23. The molecule has 1 atom stereocenters. The van der Waals surface area contributed by atoms with Gasteiger partial charge in [-0.3, -0.25) is 4.18 Å². The van der Waals surface area contributed by atoms with Gasteiger partial charge in [0, 0.05) is 10.4 Å².